The van der Waals surface area contributed by atoms with Crippen LogP contribution in [0.5, 0.6) is 0 Å². The van der Waals surface area contributed by atoms with Gasteiger partial charge in [0.25, 0.3) is 0 Å². The Kier molecular flexibility index (Phi) is 17.6. The summed E-state index contributed by atoms with van der Waals surface area (Å²) in [4.78, 5) is 22.7. The highest BCUT2D eigenvalue weighted by atomic mass is 16.5. The van der Waals surface area contributed by atoms with Crippen molar-refractivity contribution in [3.8, 4) is 0 Å². The summed E-state index contributed by atoms with van der Waals surface area (Å²) in [6.07, 6.45) is 24.3. The van der Waals surface area contributed by atoms with Gasteiger partial charge >= 0.3 is 11.9 Å². The third-order valence-electron chi connectivity index (χ3n) is 4.26. The van der Waals surface area contributed by atoms with Crippen molar-refractivity contribution in [3.63, 3.8) is 0 Å². The van der Waals surface area contributed by atoms with Gasteiger partial charge in [0.2, 0.25) is 0 Å². The molecular formula is C23H38O4. The first-order valence-electron chi connectivity index (χ1n) is 10.5. The monoisotopic (exact) mass is 378 g/mol. The second-order valence-electron chi connectivity index (χ2n) is 6.64. The Labute approximate surface area is 165 Å². The summed E-state index contributed by atoms with van der Waals surface area (Å²) in [5, 5.41) is 9.08. The lowest BCUT2D eigenvalue weighted by molar-refractivity contribution is -0.158. The van der Waals surface area contributed by atoms with E-state index in [-0.39, 0.29) is 6.61 Å². The Morgan fingerprint density at radius 1 is 0.815 bits per heavy atom. The average molecular weight is 379 g/mol. The summed E-state index contributed by atoms with van der Waals surface area (Å²) >= 11 is 0. The molecule has 0 rings (SSSR count). The van der Waals surface area contributed by atoms with Crippen LogP contribution < -0.4 is 0 Å². The molecule has 0 aliphatic rings. The normalized spacial score (nSPS) is 13.0. The van der Waals surface area contributed by atoms with E-state index in [0.29, 0.717) is 6.42 Å². The summed E-state index contributed by atoms with van der Waals surface area (Å²) in [6, 6.07) is 0. The summed E-state index contributed by atoms with van der Waals surface area (Å²) < 4.78 is 4.81. The van der Waals surface area contributed by atoms with Gasteiger partial charge in [-0.05, 0) is 45.4 Å². The molecule has 154 valence electrons. The topological polar surface area (TPSA) is 63.6 Å². The Morgan fingerprint density at radius 3 is 1.96 bits per heavy atom. The van der Waals surface area contributed by atoms with Crippen molar-refractivity contribution in [2.24, 2.45) is 5.92 Å². The molecule has 1 unspecified atom stereocenters. The van der Waals surface area contributed by atoms with E-state index in [1.807, 2.05) is 0 Å². The van der Waals surface area contributed by atoms with E-state index in [0.717, 1.165) is 51.4 Å². The Balaban J connectivity index is 3.56. The zero-order valence-electron chi connectivity index (χ0n) is 17.2. The van der Waals surface area contributed by atoms with Gasteiger partial charge in [0, 0.05) is 0 Å². The van der Waals surface area contributed by atoms with Crippen molar-refractivity contribution in [2.75, 3.05) is 6.61 Å². The van der Waals surface area contributed by atoms with Gasteiger partial charge in [0.1, 0.15) is 0 Å². The quantitative estimate of drug-likeness (QED) is 0.141. The third-order valence-corrected chi connectivity index (χ3v) is 4.26. The second kappa shape index (κ2) is 18.9. The zero-order valence-corrected chi connectivity index (χ0v) is 17.2. The van der Waals surface area contributed by atoms with Crippen LogP contribution in [0.2, 0.25) is 0 Å². The van der Waals surface area contributed by atoms with Crippen LogP contribution >= 0.6 is 0 Å². The first-order valence-corrected chi connectivity index (χ1v) is 10.5. The lowest BCUT2D eigenvalue weighted by atomic mass is 10.00. The predicted molar refractivity (Wildman–Crippen MR) is 112 cm³/mol. The number of hydrogen-bond donors (Lipinski definition) is 1. The first-order chi connectivity index (χ1) is 13.1. The maximum atomic E-state index is 11.6. The molecule has 1 atom stereocenters. The highest BCUT2D eigenvalue weighted by Gasteiger charge is 2.26. The molecule has 0 radical (unpaired) electrons. The minimum absolute atomic E-state index is 0.226. The number of ether oxygens (including phenoxy) is 1. The number of aliphatic carboxylic acids is 1. The predicted octanol–water partition coefficient (Wildman–Crippen LogP) is 6.23. The van der Waals surface area contributed by atoms with E-state index < -0.39 is 17.9 Å². The lowest BCUT2D eigenvalue weighted by Gasteiger charge is -2.10. The van der Waals surface area contributed by atoms with Crippen molar-refractivity contribution >= 4 is 11.9 Å². The highest BCUT2D eigenvalue weighted by Crippen LogP contribution is 2.15. The van der Waals surface area contributed by atoms with Gasteiger partial charge in [-0.15, -0.1) is 0 Å². The molecule has 4 heteroatoms. The Morgan fingerprint density at radius 2 is 1.37 bits per heavy atom. The van der Waals surface area contributed by atoms with Crippen LogP contribution in [0.15, 0.2) is 36.5 Å². The van der Waals surface area contributed by atoms with Crippen LogP contribution in [0, 0.1) is 5.92 Å². The molecule has 0 spiro atoms. The molecule has 27 heavy (non-hydrogen) atoms. The fourth-order valence-corrected chi connectivity index (χ4v) is 2.73. The Bertz CT molecular complexity index is 463. The number of unbranched alkanes of at least 4 members (excludes halogenated alkanes) is 6. The molecule has 0 saturated carbocycles. The number of esters is 1. The van der Waals surface area contributed by atoms with Crippen LogP contribution in [0.1, 0.15) is 84.5 Å². The summed E-state index contributed by atoms with van der Waals surface area (Å²) in [6.45, 7) is 4.06. The molecule has 0 aromatic rings. The maximum Gasteiger partial charge on any atom is 0.320 e. The van der Waals surface area contributed by atoms with Crippen LogP contribution in [-0.2, 0) is 14.3 Å². The Hall–Kier alpha value is -1.84. The minimum atomic E-state index is -1.08. The summed E-state index contributed by atoms with van der Waals surface area (Å²) in [5.74, 6) is -2.69. The number of allylic oxidation sites excluding steroid dienone is 6. The smallest absolute Gasteiger partial charge is 0.320 e. The van der Waals surface area contributed by atoms with Crippen LogP contribution in [0.3, 0.4) is 0 Å². The van der Waals surface area contributed by atoms with E-state index in [4.69, 9.17) is 9.84 Å². The van der Waals surface area contributed by atoms with Crippen molar-refractivity contribution in [1.82, 2.24) is 0 Å². The van der Waals surface area contributed by atoms with Gasteiger partial charge in [0.05, 0.1) is 6.61 Å². The van der Waals surface area contributed by atoms with Gasteiger partial charge < -0.3 is 9.84 Å². The molecule has 0 fully saturated rings. The van der Waals surface area contributed by atoms with Crippen LogP contribution in [0.25, 0.3) is 0 Å². The summed E-state index contributed by atoms with van der Waals surface area (Å²) in [7, 11) is 0. The van der Waals surface area contributed by atoms with E-state index in [2.05, 4.69) is 43.4 Å². The zero-order chi connectivity index (χ0) is 20.2. The van der Waals surface area contributed by atoms with E-state index in [9.17, 15) is 9.59 Å². The van der Waals surface area contributed by atoms with Crippen molar-refractivity contribution in [3.05, 3.63) is 36.5 Å². The minimum Gasteiger partial charge on any atom is -0.481 e. The fourth-order valence-electron chi connectivity index (χ4n) is 2.73. The van der Waals surface area contributed by atoms with Gasteiger partial charge in [-0.1, -0.05) is 75.5 Å². The SMILES string of the molecule is CC/C=C/C/C=C/C/C=C/CCCCCCCCC(C(=O)O)C(=O)OCC. The molecule has 0 aliphatic heterocycles. The molecular weight excluding hydrogens is 340 g/mol. The van der Waals surface area contributed by atoms with Crippen molar-refractivity contribution < 1.29 is 19.4 Å². The number of carboxylic acid groups (broad SMARTS) is 1. The van der Waals surface area contributed by atoms with Crippen LogP contribution in [0.4, 0.5) is 0 Å². The molecule has 0 aromatic carbocycles. The van der Waals surface area contributed by atoms with Gasteiger partial charge in [0.15, 0.2) is 5.92 Å². The largest absolute Gasteiger partial charge is 0.481 e. The molecule has 0 heterocycles. The number of hydrogen-bond acceptors (Lipinski definition) is 3. The maximum absolute atomic E-state index is 11.6. The number of carbonyl (C=O) groups excluding carboxylic acids is 1. The molecule has 0 amide bonds. The molecule has 0 aromatic heterocycles. The van der Waals surface area contributed by atoms with E-state index in [1.165, 1.54) is 12.8 Å². The standard InChI is InChI=1S/C23H38O4/c1-3-5-6-7-8-9-10-11-12-13-14-15-16-17-18-19-20-21(22(24)25)23(26)27-4-2/h5-6,8-9,11-12,21H,3-4,7,10,13-20H2,1-2H3,(H,24,25)/b6-5+,9-8+,12-11+. The summed E-state index contributed by atoms with van der Waals surface area (Å²) in [5.41, 5.74) is 0. The van der Waals surface area contributed by atoms with Gasteiger partial charge in [-0.3, -0.25) is 9.59 Å². The third kappa shape index (κ3) is 16.1. The average Bonchev–Trinajstić information content (AvgIpc) is 2.64. The lowest BCUT2D eigenvalue weighted by Crippen LogP contribution is -2.25. The highest BCUT2D eigenvalue weighted by molar-refractivity contribution is 5.93. The molecule has 0 aliphatic carbocycles. The number of carbonyl (C=O) groups is 2. The fraction of sp³-hybridized carbons (Fsp3) is 0.652. The van der Waals surface area contributed by atoms with Crippen LogP contribution in [-0.4, -0.2) is 23.7 Å². The van der Waals surface area contributed by atoms with Crippen molar-refractivity contribution in [1.29, 1.82) is 0 Å². The van der Waals surface area contributed by atoms with E-state index >= 15 is 0 Å². The number of rotatable bonds is 17. The molecule has 1 N–H and O–H groups in total. The molecule has 4 nitrogen and oxygen atoms in total. The van der Waals surface area contributed by atoms with Gasteiger partial charge in [-0.2, -0.15) is 0 Å². The number of carboxylic acids is 1. The van der Waals surface area contributed by atoms with Gasteiger partial charge in [-0.25, -0.2) is 0 Å². The first kappa shape index (κ1) is 25.2. The molecule has 0 saturated heterocycles. The molecule has 0 bridgehead atoms. The van der Waals surface area contributed by atoms with Crippen molar-refractivity contribution in [2.45, 2.75) is 84.5 Å². The second-order valence-corrected chi connectivity index (χ2v) is 6.64. The van der Waals surface area contributed by atoms with E-state index in [1.54, 1.807) is 6.92 Å².